The van der Waals surface area contributed by atoms with Crippen LogP contribution in [0.5, 0.6) is 0 Å². The lowest BCUT2D eigenvalue weighted by molar-refractivity contribution is 0.103. The molecule has 3 aromatic heterocycles. The molecule has 8 nitrogen and oxygen atoms in total. The largest absolute Gasteiger partial charge is 0.334 e. The zero-order chi connectivity index (χ0) is 25.6. The third-order valence-electron chi connectivity index (χ3n) is 5.83. The number of carbonyl (C=O) groups excluding carboxylic acids is 1. The molecule has 0 aliphatic rings. The summed E-state index contributed by atoms with van der Waals surface area (Å²) < 4.78 is 30.9. The SMILES string of the molecule is Cc1c(-c2cc(Nc3cc(C)n(C)n3)c(=O)[nH]n2)ccc(F)c1NC(=O)c1cc2cccc(F)c2s1. The van der Waals surface area contributed by atoms with E-state index in [0.717, 1.165) is 17.0 Å². The molecular formula is C25H20F2N6O2S. The maximum atomic E-state index is 14.8. The van der Waals surface area contributed by atoms with Gasteiger partial charge < -0.3 is 10.6 Å². The predicted octanol–water partition coefficient (Wildman–Crippen LogP) is 5.28. The predicted molar refractivity (Wildman–Crippen MR) is 136 cm³/mol. The number of nitrogens with one attached hydrogen (secondary N) is 3. The molecule has 2 aromatic carbocycles. The Hall–Kier alpha value is -4.38. The fraction of sp³-hybridized carbons (Fsp3) is 0.120. The fourth-order valence-electron chi connectivity index (χ4n) is 3.82. The number of nitrogens with zero attached hydrogens (tertiary/aromatic N) is 3. The van der Waals surface area contributed by atoms with Crippen molar-refractivity contribution >= 4 is 44.5 Å². The normalized spacial score (nSPS) is 11.1. The van der Waals surface area contributed by atoms with Crippen LogP contribution < -0.4 is 16.2 Å². The molecule has 0 unspecified atom stereocenters. The number of benzene rings is 2. The van der Waals surface area contributed by atoms with Crippen LogP contribution in [-0.4, -0.2) is 25.9 Å². The van der Waals surface area contributed by atoms with Crippen LogP contribution in [0.25, 0.3) is 21.3 Å². The van der Waals surface area contributed by atoms with Crippen molar-refractivity contribution in [2.75, 3.05) is 10.6 Å². The number of hydrogen-bond donors (Lipinski definition) is 3. The molecule has 0 saturated heterocycles. The van der Waals surface area contributed by atoms with Crippen molar-refractivity contribution in [1.82, 2.24) is 20.0 Å². The number of rotatable bonds is 5. The number of anilines is 3. The Morgan fingerprint density at radius 2 is 1.89 bits per heavy atom. The number of hydrogen-bond acceptors (Lipinski definition) is 6. The second-order valence-corrected chi connectivity index (χ2v) is 9.29. The van der Waals surface area contributed by atoms with Crippen LogP contribution in [0.2, 0.25) is 0 Å². The first-order valence-corrected chi connectivity index (χ1v) is 11.7. The molecule has 3 heterocycles. The molecule has 11 heteroatoms. The molecule has 0 atom stereocenters. The van der Waals surface area contributed by atoms with Crippen molar-refractivity contribution in [2.45, 2.75) is 13.8 Å². The van der Waals surface area contributed by atoms with Gasteiger partial charge in [-0.3, -0.25) is 14.3 Å². The second kappa shape index (κ2) is 9.00. The van der Waals surface area contributed by atoms with Gasteiger partial charge in [-0.05, 0) is 55.1 Å². The van der Waals surface area contributed by atoms with Gasteiger partial charge in [-0.15, -0.1) is 11.3 Å². The van der Waals surface area contributed by atoms with Gasteiger partial charge in [-0.2, -0.15) is 10.2 Å². The van der Waals surface area contributed by atoms with Crippen molar-refractivity contribution in [1.29, 1.82) is 0 Å². The van der Waals surface area contributed by atoms with Gasteiger partial charge in [0.05, 0.1) is 21.0 Å². The molecule has 182 valence electrons. The summed E-state index contributed by atoms with van der Waals surface area (Å²) >= 11 is 0.993. The number of thiophene rings is 1. The van der Waals surface area contributed by atoms with Gasteiger partial charge in [0.15, 0.2) is 5.82 Å². The summed E-state index contributed by atoms with van der Waals surface area (Å²) in [4.78, 5) is 25.5. The average Bonchev–Trinajstić information content (AvgIpc) is 3.42. The number of halogens is 2. The Labute approximate surface area is 207 Å². The van der Waals surface area contributed by atoms with Gasteiger partial charge in [0.25, 0.3) is 11.5 Å². The molecule has 0 saturated carbocycles. The number of fused-ring (bicyclic) bond motifs is 1. The van der Waals surface area contributed by atoms with E-state index < -0.39 is 23.1 Å². The molecule has 5 aromatic rings. The maximum absolute atomic E-state index is 14.8. The monoisotopic (exact) mass is 506 g/mol. The Balaban J connectivity index is 1.47. The standard InChI is InChI=1S/C25H20F2N6O2S/c1-12-9-21(32-33(12)3)28-19-11-18(30-31-24(19)34)15-7-8-16(26)22(13(15)2)29-25(35)20-10-14-5-4-6-17(27)23(14)36-20/h4-11H,1-3H3,(H,29,35)(H,31,34)(H,28,30,32). The van der Waals surface area contributed by atoms with E-state index in [4.69, 9.17) is 0 Å². The Kier molecular flexibility index (Phi) is 5.84. The highest BCUT2D eigenvalue weighted by molar-refractivity contribution is 7.21. The lowest BCUT2D eigenvalue weighted by atomic mass is 10.0. The minimum atomic E-state index is -0.636. The van der Waals surface area contributed by atoms with Crippen molar-refractivity contribution in [3.05, 3.63) is 86.7 Å². The summed E-state index contributed by atoms with van der Waals surface area (Å²) in [6.45, 7) is 3.52. The van der Waals surface area contributed by atoms with E-state index in [1.807, 2.05) is 6.92 Å². The summed E-state index contributed by atoms with van der Waals surface area (Å²) in [5.41, 5.74) is 1.91. The maximum Gasteiger partial charge on any atom is 0.287 e. The smallest absolute Gasteiger partial charge is 0.287 e. The van der Waals surface area contributed by atoms with E-state index in [1.54, 1.807) is 42.9 Å². The zero-order valence-corrected chi connectivity index (χ0v) is 20.3. The summed E-state index contributed by atoms with van der Waals surface area (Å²) in [6, 6.07) is 12.2. The number of aromatic nitrogens is 4. The van der Waals surface area contributed by atoms with Crippen LogP contribution in [-0.2, 0) is 7.05 Å². The van der Waals surface area contributed by atoms with E-state index in [9.17, 15) is 18.4 Å². The summed E-state index contributed by atoms with van der Waals surface area (Å²) in [5, 5.41) is 17.0. The van der Waals surface area contributed by atoms with Gasteiger partial charge in [0.1, 0.15) is 17.3 Å². The Bertz CT molecular complexity index is 1690. The number of H-pyrrole nitrogens is 1. The average molecular weight is 507 g/mol. The van der Waals surface area contributed by atoms with Crippen molar-refractivity contribution in [2.24, 2.45) is 7.05 Å². The van der Waals surface area contributed by atoms with Gasteiger partial charge in [-0.1, -0.05) is 12.1 Å². The highest BCUT2D eigenvalue weighted by Crippen LogP contribution is 2.32. The molecule has 0 aliphatic carbocycles. The van der Waals surface area contributed by atoms with Crippen LogP contribution in [0.1, 0.15) is 20.9 Å². The van der Waals surface area contributed by atoms with Gasteiger partial charge in [0.2, 0.25) is 0 Å². The highest BCUT2D eigenvalue weighted by Gasteiger charge is 2.19. The van der Waals surface area contributed by atoms with Crippen LogP contribution >= 0.6 is 11.3 Å². The van der Waals surface area contributed by atoms with Crippen molar-refractivity contribution in [3.63, 3.8) is 0 Å². The number of carbonyl (C=O) groups is 1. The molecule has 3 N–H and O–H groups in total. The van der Waals surface area contributed by atoms with Crippen LogP contribution in [0.15, 0.2) is 53.3 Å². The number of amides is 1. The minimum absolute atomic E-state index is 0.0294. The van der Waals surface area contributed by atoms with E-state index in [0.29, 0.717) is 32.7 Å². The third kappa shape index (κ3) is 4.24. The van der Waals surface area contributed by atoms with Crippen LogP contribution in [0.4, 0.5) is 26.0 Å². The Morgan fingerprint density at radius 1 is 1.08 bits per heavy atom. The second-order valence-electron chi connectivity index (χ2n) is 8.23. The van der Waals surface area contributed by atoms with Gasteiger partial charge in [0, 0.05) is 24.4 Å². The molecule has 36 heavy (non-hydrogen) atoms. The number of aryl methyl sites for hydroxylation is 2. The first-order valence-electron chi connectivity index (χ1n) is 10.9. The highest BCUT2D eigenvalue weighted by atomic mass is 32.1. The van der Waals surface area contributed by atoms with Crippen molar-refractivity contribution in [3.8, 4) is 11.3 Å². The molecule has 5 rings (SSSR count). The fourth-order valence-corrected chi connectivity index (χ4v) is 4.78. The first kappa shape index (κ1) is 23.4. The summed E-state index contributed by atoms with van der Waals surface area (Å²) in [6.07, 6.45) is 0. The summed E-state index contributed by atoms with van der Waals surface area (Å²) in [5.74, 6) is -1.13. The van der Waals surface area contributed by atoms with E-state index in [-0.39, 0.29) is 16.3 Å². The lowest BCUT2D eigenvalue weighted by Crippen LogP contribution is -2.15. The molecule has 0 bridgehead atoms. The van der Waals surface area contributed by atoms with Crippen LogP contribution in [0.3, 0.4) is 0 Å². The van der Waals surface area contributed by atoms with E-state index >= 15 is 0 Å². The third-order valence-corrected chi connectivity index (χ3v) is 6.99. The molecule has 0 spiro atoms. The molecule has 0 aliphatic heterocycles. The van der Waals surface area contributed by atoms with Gasteiger partial charge >= 0.3 is 0 Å². The Morgan fingerprint density at radius 3 is 2.61 bits per heavy atom. The lowest BCUT2D eigenvalue weighted by Gasteiger charge is -2.13. The molecule has 0 fully saturated rings. The molecular weight excluding hydrogens is 486 g/mol. The number of aromatic amines is 1. The summed E-state index contributed by atoms with van der Waals surface area (Å²) in [7, 11) is 1.79. The topological polar surface area (TPSA) is 105 Å². The van der Waals surface area contributed by atoms with Crippen LogP contribution in [0, 0.1) is 25.5 Å². The van der Waals surface area contributed by atoms with E-state index in [1.165, 1.54) is 24.3 Å². The van der Waals surface area contributed by atoms with E-state index in [2.05, 4.69) is 25.9 Å². The van der Waals surface area contributed by atoms with Gasteiger partial charge in [-0.25, -0.2) is 13.9 Å². The molecule has 1 amide bonds. The zero-order valence-electron chi connectivity index (χ0n) is 19.4. The first-order chi connectivity index (χ1) is 17.2. The quantitative estimate of drug-likeness (QED) is 0.301. The molecule has 0 radical (unpaired) electrons. The van der Waals surface area contributed by atoms with Crippen molar-refractivity contribution < 1.29 is 13.6 Å². The minimum Gasteiger partial charge on any atom is -0.334 e.